The van der Waals surface area contributed by atoms with Crippen molar-refractivity contribution in [3.8, 4) is 11.3 Å². The summed E-state index contributed by atoms with van der Waals surface area (Å²) in [6.07, 6.45) is 6.46. The van der Waals surface area contributed by atoms with Gasteiger partial charge in [0.15, 0.2) is 0 Å². The normalized spacial score (nSPS) is 12.2. The molecule has 3 aromatic rings. The largest absolute Gasteiger partial charge is 0.357 e. The van der Waals surface area contributed by atoms with Crippen LogP contribution in [0.4, 0.5) is 5.82 Å². The molecule has 0 saturated carbocycles. The van der Waals surface area contributed by atoms with Crippen LogP contribution in [-0.2, 0) is 9.59 Å². The average molecular weight is 402 g/mol. The van der Waals surface area contributed by atoms with E-state index in [-0.39, 0.29) is 12.5 Å². The number of carbonyl (C=O) groups is 2. The third-order valence-corrected chi connectivity index (χ3v) is 4.10. The van der Waals surface area contributed by atoms with E-state index >= 15 is 0 Å². The maximum atomic E-state index is 12.2. The molecule has 0 aliphatic rings. The zero-order valence-electron chi connectivity index (χ0n) is 15.7. The average Bonchev–Trinajstić information content (AvgIpc) is 3.04. The molecule has 0 bridgehead atoms. The van der Waals surface area contributed by atoms with Crippen LogP contribution in [-0.4, -0.2) is 63.3 Å². The summed E-state index contributed by atoms with van der Waals surface area (Å²) in [4.78, 5) is 41.6. The molecular formula is C18H20ClN7O2. The van der Waals surface area contributed by atoms with Crippen molar-refractivity contribution < 1.29 is 9.59 Å². The number of hydrogen-bond acceptors (Lipinski definition) is 7. The minimum atomic E-state index is -0.672. The van der Waals surface area contributed by atoms with Gasteiger partial charge in [-0.1, -0.05) is 11.6 Å². The van der Waals surface area contributed by atoms with Crippen LogP contribution in [0.25, 0.3) is 22.3 Å². The van der Waals surface area contributed by atoms with E-state index in [2.05, 4.69) is 30.6 Å². The van der Waals surface area contributed by atoms with Gasteiger partial charge in [0, 0.05) is 23.3 Å². The number of carbonyl (C=O) groups excluding carboxylic acids is 2. The van der Waals surface area contributed by atoms with Gasteiger partial charge in [0.25, 0.3) is 0 Å². The van der Waals surface area contributed by atoms with E-state index in [9.17, 15) is 9.59 Å². The van der Waals surface area contributed by atoms with Crippen LogP contribution in [0.15, 0.2) is 30.9 Å². The van der Waals surface area contributed by atoms with Gasteiger partial charge in [-0.15, -0.1) is 0 Å². The van der Waals surface area contributed by atoms with Gasteiger partial charge in [0.2, 0.25) is 11.8 Å². The van der Waals surface area contributed by atoms with E-state index in [0.29, 0.717) is 22.2 Å². The van der Waals surface area contributed by atoms with Crippen molar-refractivity contribution >= 4 is 40.3 Å². The van der Waals surface area contributed by atoms with Crippen molar-refractivity contribution in [1.82, 2.24) is 30.2 Å². The lowest BCUT2D eigenvalue weighted by Gasteiger charge is -2.15. The molecule has 0 aliphatic carbocycles. The Morgan fingerprint density at radius 2 is 2.07 bits per heavy atom. The highest BCUT2D eigenvalue weighted by molar-refractivity contribution is 6.31. The van der Waals surface area contributed by atoms with E-state index in [1.54, 1.807) is 50.6 Å². The number of amides is 2. The Hall–Kier alpha value is -3.04. The first kappa shape index (κ1) is 19.7. The zero-order valence-corrected chi connectivity index (χ0v) is 16.4. The van der Waals surface area contributed by atoms with Crippen LogP contribution in [0.3, 0.4) is 0 Å². The lowest BCUT2D eigenvalue weighted by Crippen LogP contribution is -2.44. The number of halogens is 1. The minimum absolute atomic E-state index is 0.130. The van der Waals surface area contributed by atoms with Gasteiger partial charge in [0.05, 0.1) is 29.7 Å². The van der Waals surface area contributed by atoms with Crippen LogP contribution in [0.1, 0.15) is 6.92 Å². The third-order valence-electron chi connectivity index (χ3n) is 3.89. The number of nitrogens with zero attached hydrogens (tertiary/aromatic N) is 4. The molecule has 0 unspecified atom stereocenters. The summed E-state index contributed by atoms with van der Waals surface area (Å²) in [7, 11) is 3.50. The SMILES string of the molecule is C[C@@H](Nc1cncc(-c2c[nH]c3ncc(Cl)cc23)n1)C(=O)NC(=O)CN(C)C. The highest BCUT2D eigenvalue weighted by atomic mass is 35.5. The second-order valence-electron chi connectivity index (χ2n) is 6.56. The monoisotopic (exact) mass is 401 g/mol. The minimum Gasteiger partial charge on any atom is -0.357 e. The second-order valence-corrected chi connectivity index (χ2v) is 6.99. The van der Waals surface area contributed by atoms with E-state index in [1.165, 1.54) is 6.20 Å². The number of pyridine rings is 1. The molecule has 3 aromatic heterocycles. The lowest BCUT2D eigenvalue weighted by atomic mass is 10.1. The Bertz CT molecular complexity index is 1020. The Balaban J connectivity index is 1.75. The zero-order chi connectivity index (χ0) is 20.3. The highest BCUT2D eigenvalue weighted by Crippen LogP contribution is 2.28. The number of anilines is 1. The number of aromatic nitrogens is 4. The Labute approximate surface area is 166 Å². The topological polar surface area (TPSA) is 116 Å². The number of aromatic amines is 1. The van der Waals surface area contributed by atoms with Gasteiger partial charge in [0.1, 0.15) is 17.5 Å². The summed E-state index contributed by atoms with van der Waals surface area (Å²) >= 11 is 6.04. The van der Waals surface area contributed by atoms with Crippen molar-refractivity contribution in [2.24, 2.45) is 0 Å². The molecule has 2 amide bonds. The molecule has 0 aliphatic heterocycles. The predicted molar refractivity (Wildman–Crippen MR) is 107 cm³/mol. The van der Waals surface area contributed by atoms with Gasteiger partial charge in [-0.3, -0.25) is 19.9 Å². The molecule has 9 nitrogen and oxygen atoms in total. The fraction of sp³-hybridized carbons (Fsp3) is 0.278. The van der Waals surface area contributed by atoms with Crippen molar-refractivity contribution in [2.45, 2.75) is 13.0 Å². The van der Waals surface area contributed by atoms with Crippen LogP contribution in [0.2, 0.25) is 5.02 Å². The first-order valence-corrected chi connectivity index (χ1v) is 8.91. The van der Waals surface area contributed by atoms with Crippen molar-refractivity contribution in [2.75, 3.05) is 26.0 Å². The quantitative estimate of drug-likeness (QED) is 0.575. The van der Waals surface area contributed by atoms with Crippen molar-refractivity contribution in [3.05, 3.63) is 35.9 Å². The van der Waals surface area contributed by atoms with E-state index in [1.807, 2.05) is 0 Å². The van der Waals surface area contributed by atoms with E-state index in [0.717, 1.165) is 10.9 Å². The fourth-order valence-electron chi connectivity index (χ4n) is 2.61. The van der Waals surface area contributed by atoms with Gasteiger partial charge in [-0.25, -0.2) is 9.97 Å². The standard InChI is InChI=1S/C18H20ClN7O2/c1-10(18(28)25-16(27)9-26(2)3)23-15-8-20-7-14(24-15)13-6-22-17-12(13)4-11(19)5-21-17/h4-8,10H,9H2,1-3H3,(H,21,22)(H,23,24)(H,25,27,28)/t10-/m1/s1. The molecule has 28 heavy (non-hydrogen) atoms. The van der Waals surface area contributed by atoms with E-state index < -0.39 is 11.9 Å². The maximum absolute atomic E-state index is 12.2. The number of rotatable bonds is 6. The Morgan fingerprint density at radius 1 is 1.29 bits per heavy atom. The Morgan fingerprint density at radius 3 is 2.82 bits per heavy atom. The molecule has 0 radical (unpaired) electrons. The van der Waals surface area contributed by atoms with E-state index in [4.69, 9.17) is 11.6 Å². The van der Waals surface area contributed by atoms with Gasteiger partial charge >= 0.3 is 0 Å². The molecular weight excluding hydrogens is 382 g/mol. The third kappa shape index (κ3) is 4.62. The maximum Gasteiger partial charge on any atom is 0.248 e. The molecule has 10 heteroatoms. The summed E-state index contributed by atoms with van der Waals surface area (Å²) in [5, 5.41) is 6.64. The van der Waals surface area contributed by atoms with Gasteiger partial charge < -0.3 is 15.2 Å². The van der Waals surface area contributed by atoms with Crippen molar-refractivity contribution in [3.63, 3.8) is 0 Å². The molecule has 0 saturated heterocycles. The fourth-order valence-corrected chi connectivity index (χ4v) is 2.77. The molecule has 146 valence electrons. The number of likely N-dealkylation sites (N-methyl/N-ethyl adjacent to an activating group) is 1. The number of imide groups is 1. The summed E-state index contributed by atoms with van der Waals surface area (Å²) in [5.74, 6) is -0.404. The van der Waals surface area contributed by atoms with Crippen LogP contribution < -0.4 is 10.6 Å². The first-order chi connectivity index (χ1) is 13.3. The summed E-state index contributed by atoms with van der Waals surface area (Å²) < 4.78 is 0. The first-order valence-electron chi connectivity index (χ1n) is 8.53. The van der Waals surface area contributed by atoms with Crippen LogP contribution in [0.5, 0.6) is 0 Å². The summed E-state index contributed by atoms with van der Waals surface area (Å²) in [6, 6.07) is 1.12. The highest BCUT2D eigenvalue weighted by Gasteiger charge is 2.17. The lowest BCUT2D eigenvalue weighted by molar-refractivity contribution is -0.131. The molecule has 3 heterocycles. The molecule has 1 atom stereocenters. The molecule has 0 fully saturated rings. The van der Waals surface area contributed by atoms with Crippen LogP contribution >= 0.6 is 11.6 Å². The second kappa shape index (κ2) is 8.32. The predicted octanol–water partition coefficient (Wildman–Crippen LogP) is 1.68. The summed E-state index contributed by atoms with van der Waals surface area (Å²) in [5.41, 5.74) is 2.07. The van der Waals surface area contributed by atoms with Gasteiger partial charge in [-0.05, 0) is 27.1 Å². The molecule has 3 rings (SSSR count). The number of nitrogens with one attached hydrogen (secondary N) is 3. The number of fused-ring (bicyclic) bond motifs is 1. The van der Waals surface area contributed by atoms with Crippen LogP contribution in [0, 0.1) is 0 Å². The van der Waals surface area contributed by atoms with Gasteiger partial charge in [-0.2, -0.15) is 0 Å². The molecule has 0 spiro atoms. The smallest absolute Gasteiger partial charge is 0.248 e. The molecule has 3 N–H and O–H groups in total. The molecule has 0 aromatic carbocycles. The number of hydrogen-bond donors (Lipinski definition) is 3. The number of H-pyrrole nitrogens is 1. The summed E-state index contributed by atoms with van der Waals surface area (Å²) in [6.45, 7) is 1.77. The van der Waals surface area contributed by atoms with Crippen molar-refractivity contribution in [1.29, 1.82) is 0 Å². The Kier molecular flexibility index (Phi) is 5.86.